The summed E-state index contributed by atoms with van der Waals surface area (Å²) in [6, 6.07) is 113. The fourth-order valence-electron chi connectivity index (χ4n) is 14.7. The van der Waals surface area contributed by atoms with Gasteiger partial charge >= 0.3 is 0 Å². The van der Waals surface area contributed by atoms with Gasteiger partial charge in [-0.05, 0) is 204 Å². The lowest BCUT2D eigenvalue weighted by Gasteiger charge is -2.45. The molecule has 0 amide bonds. The maximum atomic E-state index is 12.7. The van der Waals surface area contributed by atoms with Crippen LogP contribution in [0.5, 0.6) is 0 Å². The second kappa shape index (κ2) is 26.4. The monoisotopic (exact) mass is 1410 g/mol. The second-order valence-corrected chi connectivity index (χ2v) is 27.5. The van der Waals surface area contributed by atoms with Crippen molar-refractivity contribution in [3.8, 4) is 22.3 Å². The highest BCUT2D eigenvalue weighted by Crippen LogP contribution is 2.54. The van der Waals surface area contributed by atoms with E-state index in [2.05, 4.69) is 192 Å². The van der Waals surface area contributed by atoms with Crippen LogP contribution >= 0.6 is 50.7 Å². The van der Waals surface area contributed by atoms with E-state index < -0.39 is 11.2 Å². The van der Waals surface area contributed by atoms with Gasteiger partial charge in [-0.25, -0.2) is 0 Å². The lowest BCUT2D eigenvalue weighted by molar-refractivity contribution is 0.0749. The summed E-state index contributed by atoms with van der Waals surface area (Å²) in [5.74, 6) is -0.260. The second-order valence-electron chi connectivity index (χ2n) is 25.3. The van der Waals surface area contributed by atoms with E-state index in [-0.39, 0.29) is 11.6 Å². The highest BCUT2D eigenvalue weighted by Gasteiger charge is 2.51. The van der Waals surface area contributed by atoms with Crippen molar-refractivity contribution >= 4 is 138 Å². The van der Waals surface area contributed by atoms with Crippen molar-refractivity contribution in [1.29, 1.82) is 0 Å². The fraction of sp³-hybridized carbons (Fsp3) is 0.0217. The van der Waals surface area contributed by atoms with Gasteiger partial charge in [0.2, 0.25) is 0 Å². The van der Waals surface area contributed by atoms with Crippen LogP contribution in [0.1, 0.15) is 65.2 Å². The zero-order valence-electron chi connectivity index (χ0n) is 53.6. The summed E-state index contributed by atoms with van der Waals surface area (Å²) in [4.78, 5) is 24.4. The van der Waals surface area contributed by atoms with Crippen molar-refractivity contribution < 1.29 is 19.8 Å². The molecule has 2 unspecified atom stereocenters. The van der Waals surface area contributed by atoms with Crippen LogP contribution in [0.15, 0.2) is 344 Å². The van der Waals surface area contributed by atoms with Crippen LogP contribution in [0.2, 0.25) is 15.1 Å². The first-order chi connectivity index (χ1) is 48.8. The van der Waals surface area contributed by atoms with Gasteiger partial charge in [-0.1, -0.05) is 312 Å². The average Bonchev–Trinajstić information content (AvgIpc) is 0.690. The first-order valence-electron chi connectivity index (χ1n) is 32.9. The number of hydrogen-bond acceptors (Lipinski definition) is 4. The summed E-state index contributed by atoms with van der Waals surface area (Å²) in [6.45, 7) is 0. The molecule has 0 aromatic heterocycles. The van der Waals surface area contributed by atoms with E-state index >= 15 is 0 Å². The van der Waals surface area contributed by atoms with Gasteiger partial charge in [0.25, 0.3) is 0 Å². The Morgan fingerprint density at radius 3 is 1.11 bits per heavy atom. The molecule has 0 radical (unpaired) electrons. The van der Waals surface area contributed by atoms with Gasteiger partial charge in [0.05, 0.1) is 0 Å². The van der Waals surface area contributed by atoms with Crippen LogP contribution in [0, 0.1) is 0 Å². The van der Waals surface area contributed by atoms with Gasteiger partial charge in [0, 0.05) is 47.4 Å². The number of halogens is 4. The Bertz CT molecular complexity index is 6160. The van der Waals surface area contributed by atoms with Gasteiger partial charge in [0.1, 0.15) is 11.2 Å². The maximum Gasteiger partial charge on any atom is 0.194 e. The average molecular weight is 1410 g/mol. The molecule has 0 fully saturated rings. The van der Waals surface area contributed by atoms with Gasteiger partial charge < -0.3 is 10.2 Å². The highest BCUT2D eigenvalue weighted by molar-refractivity contribution is 9.10. The van der Waals surface area contributed by atoms with E-state index in [0.29, 0.717) is 54.6 Å². The molecule has 2 atom stereocenters. The summed E-state index contributed by atoms with van der Waals surface area (Å²) in [5, 5.41) is 43.8. The molecule has 0 saturated heterocycles. The van der Waals surface area contributed by atoms with Crippen LogP contribution in [0.4, 0.5) is 0 Å². The molecule has 0 bridgehead atoms. The van der Waals surface area contributed by atoms with E-state index in [1.54, 1.807) is 54.6 Å². The van der Waals surface area contributed by atoms with Crippen LogP contribution in [-0.4, -0.2) is 21.8 Å². The summed E-state index contributed by atoms with van der Waals surface area (Å²) in [6.07, 6.45) is 0. The van der Waals surface area contributed by atoms with E-state index in [1.807, 2.05) is 109 Å². The summed E-state index contributed by atoms with van der Waals surface area (Å²) in [7, 11) is 0. The van der Waals surface area contributed by atoms with E-state index in [9.17, 15) is 19.8 Å². The molecule has 19 rings (SSSR count). The Balaban J connectivity index is 0.000000113. The van der Waals surface area contributed by atoms with Crippen LogP contribution in [-0.2, 0) is 11.2 Å². The Labute approximate surface area is 601 Å². The molecule has 4 nitrogen and oxygen atoms in total. The molecule has 0 spiro atoms. The highest BCUT2D eigenvalue weighted by atomic mass is 79.9. The molecule has 8 heteroatoms. The number of aliphatic hydroxyl groups is 2. The standard InChI is InChI=1S/C34H23ClO2.C34H21Cl.C14H7ClO2.C10H7Br/c35-28-17-18-31-32(21-28)34(37,27-16-14-23-8-2-4-10-25(23)20-27)30-12-6-5-11-29(30)33(31,36)26-15-13-22-7-1-3-9-24(22)19-26;35-28-17-18-31-32(21-28)34(27-16-14-23-8-2-4-10-25(23)20-27)30-12-6-5-11-29(30)33(31)26-15-13-22-7-1-3-9-24(22)19-26;15-8-5-6-11-12(7-8)14(17)10-4-2-1-3-9(10)13(11)16;11-10-6-5-8-3-1-2-4-9(8)7-10/h1-21,36-37H;1-21H;1-7H;1-7H. The minimum absolute atomic E-state index is 0.119. The third-order valence-electron chi connectivity index (χ3n) is 19.5. The third-order valence-corrected chi connectivity index (χ3v) is 20.7. The molecule has 17 aromatic carbocycles. The number of hydrogen-bond donors (Lipinski definition) is 2. The molecule has 0 aliphatic heterocycles. The molecule has 17 aromatic rings. The third kappa shape index (κ3) is 11.5. The quantitative estimate of drug-likeness (QED) is 0.172. The summed E-state index contributed by atoms with van der Waals surface area (Å²) >= 11 is 22.4. The minimum atomic E-state index is -1.51. The molecular weight excluding hydrogens is 1360 g/mol. The van der Waals surface area contributed by atoms with Crippen molar-refractivity contribution in [3.63, 3.8) is 0 Å². The van der Waals surface area contributed by atoms with Crippen molar-refractivity contribution in [1.82, 2.24) is 0 Å². The minimum Gasteiger partial charge on any atom is -0.376 e. The number of carbonyl (C=O) groups is 2. The van der Waals surface area contributed by atoms with Crippen LogP contribution in [0.25, 0.3) is 97.7 Å². The van der Waals surface area contributed by atoms with Gasteiger partial charge in [0.15, 0.2) is 11.6 Å². The Kier molecular flexibility index (Phi) is 16.9. The largest absolute Gasteiger partial charge is 0.376 e. The molecule has 2 aliphatic rings. The molecule has 2 N–H and O–H groups in total. The molecule has 0 saturated carbocycles. The van der Waals surface area contributed by atoms with E-state index in [4.69, 9.17) is 34.8 Å². The first-order valence-corrected chi connectivity index (χ1v) is 34.8. The molecule has 2 aliphatic carbocycles. The maximum absolute atomic E-state index is 12.7. The van der Waals surface area contributed by atoms with Gasteiger partial charge in [-0.2, -0.15) is 0 Å². The van der Waals surface area contributed by atoms with E-state index in [0.717, 1.165) is 42.2 Å². The topological polar surface area (TPSA) is 74.6 Å². The van der Waals surface area contributed by atoms with E-state index in [1.165, 1.54) is 76.1 Å². The normalized spacial score (nSPS) is 15.0. The molecule has 100 heavy (non-hydrogen) atoms. The zero-order chi connectivity index (χ0) is 68.2. The number of ketones is 2. The van der Waals surface area contributed by atoms with Gasteiger partial charge in [-0.15, -0.1) is 0 Å². The Morgan fingerprint density at radius 2 is 0.590 bits per heavy atom. The van der Waals surface area contributed by atoms with Crippen molar-refractivity contribution in [3.05, 3.63) is 415 Å². The summed E-state index contributed by atoms with van der Waals surface area (Å²) < 4.78 is 1.14. The number of fused-ring (bicyclic) bond motifs is 11. The lowest BCUT2D eigenvalue weighted by atomic mass is 9.63. The molecular formula is C92H58BrCl3O4. The SMILES string of the molecule is Brc1ccc2ccccc2c1.Clc1ccc2c(-c3ccc4ccccc4c3)c3ccccc3c(-c3ccc4ccccc4c3)c2c1.O=C1c2ccccc2C(=O)c2cc(Cl)ccc21.OC1(c2ccc3ccccc3c2)c2ccccc2C(O)(c2ccc3ccccc3c2)c2cc(Cl)ccc21. The number of carbonyl (C=O) groups excluding carboxylic acids is 2. The van der Waals surface area contributed by atoms with Crippen molar-refractivity contribution in [2.45, 2.75) is 11.2 Å². The van der Waals surface area contributed by atoms with Gasteiger partial charge in [-0.3, -0.25) is 9.59 Å². The smallest absolute Gasteiger partial charge is 0.194 e. The first kappa shape index (κ1) is 63.9. The summed E-state index contributed by atoms with van der Waals surface area (Å²) in [5.41, 5.74) is 7.58. The van der Waals surface area contributed by atoms with Crippen LogP contribution < -0.4 is 0 Å². The lowest BCUT2D eigenvalue weighted by Crippen LogP contribution is -2.44. The van der Waals surface area contributed by atoms with Crippen molar-refractivity contribution in [2.24, 2.45) is 0 Å². The van der Waals surface area contributed by atoms with Crippen LogP contribution in [0.3, 0.4) is 0 Å². The number of rotatable bonds is 4. The molecule has 478 valence electrons. The Hall–Kier alpha value is -10.8. The zero-order valence-corrected chi connectivity index (χ0v) is 57.4. The predicted molar refractivity (Wildman–Crippen MR) is 419 cm³/mol. The number of benzene rings is 17. The predicted octanol–water partition coefficient (Wildman–Crippen LogP) is 24.5. The fourth-order valence-corrected chi connectivity index (χ4v) is 15.6. The molecule has 0 heterocycles. The van der Waals surface area contributed by atoms with Crippen molar-refractivity contribution in [2.75, 3.05) is 0 Å². The Morgan fingerprint density at radius 1 is 0.250 bits per heavy atom.